The van der Waals surface area contributed by atoms with E-state index in [-0.39, 0.29) is 30.3 Å². The fraction of sp³-hybridized carbons (Fsp3) is 0.304. The minimum Gasteiger partial charge on any atom is -0.336 e. The molecule has 8 nitrogen and oxygen atoms in total. The van der Waals surface area contributed by atoms with E-state index in [0.29, 0.717) is 18.8 Å². The van der Waals surface area contributed by atoms with Crippen molar-refractivity contribution in [1.29, 1.82) is 0 Å². The Hall–Kier alpha value is -3.68. The maximum absolute atomic E-state index is 13.3. The molecule has 0 saturated carbocycles. The number of anilines is 1. The van der Waals surface area contributed by atoms with Crippen molar-refractivity contribution >= 4 is 17.5 Å². The van der Waals surface area contributed by atoms with Crippen LogP contribution in [0.4, 0.5) is 5.69 Å². The number of pyridine rings is 1. The number of rotatable bonds is 4. The van der Waals surface area contributed by atoms with E-state index in [1.165, 1.54) is 10.6 Å². The molecule has 2 aliphatic heterocycles. The lowest BCUT2D eigenvalue weighted by Gasteiger charge is -2.33. The van der Waals surface area contributed by atoms with Crippen molar-refractivity contribution in [3.63, 3.8) is 0 Å². The number of aromatic nitrogens is 3. The van der Waals surface area contributed by atoms with Crippen molar-refractivity contribution in [2.45, 2.75) is 30.8 Å². The molecule has 8 heteroatoms. The zero-order valence-corrected chi connectivity index (χ0v) is 17.2. The number of likely N-dealkylation sites (tertiary alicyclic amines) is 1. The molecule has 2 aromatic heterocycles. The minimum absolute atomic E-state index is 0.0993. The summed E-state index contributed by atoms with van der Waals surface area (Å²) in [5, 5.41) is 3.01. The third-order valence-electron chi connectivity index (χ3n) is 6.48. The molecular formula is C23H23N5O3. The molecule has 158 valence electrons. The minimum atomic E-state index is -0.880. The second-order valence-corrected chi connectivity index (χ2v) is 8.09. The van der Waals surface area contributed by atoms with E-state index >= 15 is 0 Å². The number of amides is 2. The topological polar surface area (TPSA) is 89.2 Å². The van der Waals surface area contributed by atoms with Crippen LogP contribution in [0.2, 0.25) is 0 Å². The highest BCUT2D eigenvalue weighted by Crippen LogP contribution is 2.54. The molecule has 1 aromatic carbocycles. The first-order chi connectivity index (χ1) is 15.0. The molecule has 2 aliphatic rings. The van der Waals surface area contributed by atoms with Gasteiger partial charge < -0.3 is 19.4 Å². The fourth-order valence-corrected chi connectivity index (χ4v) is 4.96. The van der Waals surface area contributed by atoms with Crippen LogP contribution in [0.3, 0.4) is 0 Å². The smallest absolute Gasteiger partial charge is 0.250 e. The van der Waals surface area contributed by atoms with Gasteiger partial charge in [-0.05, 0) is 24.1 Å². The Kier molecular flexibility index (Phi) is 4.50. The number of nitrogens with one attached hydrogen (secondary N) is 1. The number of carbonyl (C=O) groups excluding carboxylic acids is 2. The highest BCUT2D eigenvalue weighted by Gasteiger charge is 2.60. The predicted octanol–water partition coefficient (Wildman–Crippen LogP) is 1.84. The summed E-state index contributed by atoms with van der Waals surface area (Å²) < 4.78 is 3.39. The molecule has 0 bridgehead atoms. The molecule has 2 atom stereocenters. The van der Waals surface area contributed by atoms with E-state index in [1.54, 1.807) is 29.4 Å². The molecule has 0 unspecified atom stereocenters. The highest BCUT2D eigenvalue weighted by atomic mass is 16.2. The van der Waals surface area contributed by atoms with Crippen molar-refractivity contribution in [2.75, 3.05) is 11.9 Å². The van der Waals surface area contributed by atoms with Crippen LogP contribution in [0, 0.1) is 0 Å². The highest BCUT2D eigenvalue weighted by molar-refractivity contribution is 6.07. The quantitative estimate of drug-likeness (QED) is 0.702. The molecule has 1 fully saturated rings. The van der Waals surface area contributed by atoms with Crippen molar-refractivity contribution < 1.29 is 9.59 Å². The van der Waals surface area contributed by atoms with Gasteiger partial charge in [-0.25, -0.2) is 4.98 Å². The van der Waals surface area contributed by atoms with E-state index in [4.69, 9.17) is 0 Å². The van der Waals surface area contributed by atoms with Gasteiger partial charge in [0.15, 0.2) is 0 Å². The molecule has 0 radical (unpaired) electrons. The van der Waals surface area contributed by atoms with Crippen molar-refractivity contribution in [3.05, 3.63) is 82.8 Å². The number of hydrogen-bond acceptors (Lipinski definition) is 4. The molecule has 0 aliphatic carbocycles. The SMILES string of the molecule is Cn1ccnc1[C@@H]1N(C(=O)CCn2ccccc2=O)CC[C@]12C(=O)Nc1ccccc12. The summed E-state index contributed by atoms with van der Waals surface area (Å²) in [5.74, 6) is 0.476. The van der Waals surface area contributed by atoms with Gasteiger partial charge in [0.1, 0.15) is 17.3 Å². The van der Waals surface area contributed by atoms with Gasteiger partial charge in [0.25, 0.3) is 5.56 Å². The molecule has 1 saturated heterocycles. The van der Waals surface area contributed by atoms with Crippen LogP contribution in [0.1, 0.15) is 30.3 Å². The average Bonchev–Trinajstić information content (AvgIpc) is 3.44. The van der Waals surface area contributed by atoms with Crippen LogP contribution in [0.15, 0.2) is 65.8 Å². The molecule has 31 heavy (non-hydrogen) atoms. The second-order valence-electron chi connectivity index (χ2n) is 8.09. The zero-order valence-electron chi connectivity index (χ0n) is 17.2. The van der Waals surface area contributed by atoms with Gasteiger partial charge in [0.05, 0.1) is 0 Å². The zero-order chi connectivity index (χ0) is 21.6. The van der Waals surface area contributed by atoms with Gasteiger partial charge >= 0.3 is 0 Å². The molecule has 5 rings (SSSR count). The maximum atomic E-state index is 13.3. The fourth-order valence-electron chi connectivity index (χ4n) is 4.96. The Bertz CT molecular complexity index is 1230. The lowest BCUT2D eigenvalue weighted by atomic mass is 9.74. The average molecular weight is 417 g/mol. The molecule has 1 spiro atoms. The van der Waals surface area contributed by atoms with Crippen LogP contribution in [-0.2, 0) is 28.6 Å². The summed E-state index contributed by atoms with van der Waals surface area (Å²) in [7, 11) is 1.87. The number of para-hydroxylation sites is 1. The standard InChI is InChI=1S/C23H23N5O3/c1-26-15-11-24-21(26)20-23(16-6-2-3-7-17(16)25-22(23)31)10-14-28(20)19(30)9-13-27-12-5-4-8-18(27)29/h2-8,11-12,15,20H,9-10,13-14H2,1H3,(H,25,31)/t20-,23+/m0/s1. The monoisotopic (exact) mass is 417 g/mol. The van der Waals surface area contributed by atoms with E-state index in [0.717, 1.165) is 11.3 Å². The third kappa shape index (κ3) is 2.90. The summed E-state index contributed by atoms with van der Waals surface area (Å²) in [5.41, 5.74) is 0.673. The van der Waals surface area contributed by atoms with E-state index in [1.807, 2.05) is 42.1 Å². The van der Waals surface area contributed by atoms with Crippen molar-refractivity contribution in [3.8, 4) is 0 Å². The van der Waals surface area contributed by atoms with Crippen LogP contribution in [-0.4, -0.2) is 37.4 Å². The third-order valence-corrected chi connectivity index (χ3v) is 6.48. The van der Waals surface area contributed by atoms with Gasteiger partial charge in [0.2, 0.25) is 11.8 Å². The summed E-state index contributed by atoms with van der Waals surface area (Å²) in [6.07, 6.45) is 5.88. The van der Waals surface area contributed by atoms with Crippen LogP contribution in [0.5, 0.6) is 0 Å². The largest absolute Gasteiger partial charge is 0.336 e. The second kappa shape index (κ2) is 7.23. The molecule has 2 amide bonds. The van der Waals surface area contributed by atoms with Crippen molar-refractivity contribution in [1.82, 2.24) is 19.0 Å². The van der Waals surface area contributed by atoms with Gasteiger partial charge in [-0.15, -0.1) is 0 Å². The number of fused-ring (bicyclic) bond motifs is 2. The molecule has 3 aromatic rings. The Balaban J connectivity index is 1.52. The normalized spacial score (nSPS) is 22.0. The number of carbonyl (C=O) groups is 2. The van der Waals surface area contributed by atoms with E-state index in [9.17, 15) is 14.4 Å². The Morgan fingerprint density at radius 1 is 1.16 bits per heavy atom. The Labute approximate surface area is 179 Å². The van der Waals surface area contributed by atoms with Crippen LogP contribution >= 0.6 is 0 Å². The molecule has 4 heterocycles. The van der Waals surface area contributed by atoms with Gasteiger partial charge in [0, 0.05) is 56.9 Å². The number of benzene rings is 1. The first-order valence-electron chi connectivity index (χ1n) is 10.4. The van der Waals surface area contributed by atoms with Gasteiger partial charge in [-0.3, -0.25) is 14.4 Å². The number of imidazole rings is 1. The lowest BCUT2D eigenvalue weighted by Crippen LogP contribution is -2.44. The molecule has 1 N–H and O–H groups in total. The van der Waals surface area contributed by atoms with Crippen LogP contribution in [0.25, 0.3) is 0 Å². The first kappa shape index (κ1) is 19.3. The molecular weight excluding hydrogens is 394 g/mol. The van der Waals surface area contributed by atoms with E-state index in [2.05, 4.69) is 10.3 Å². The number of hydrogen-bond donors (Lipinski definition) is 1. The first-order valence-corrected chi connectivity index (χ1v) is 10.4. The Morgan fingerprint density at radius 3 is 2.74 bits per heavy atom. The Morgan fingerprint density at radius 2 is 1.97 bits per heavy atom. The lowest BCUT2D eigenvalue weighted by molar-refractivity contribution is -0.134. The van der Waals surface area contributed by atoms with Gasteiger partial charge in [-0.1, -0.05) is 24.3 Å². The maximum Gasteiger partial charge on any atom is 0.250 e. The van der Waals surface area contributed by atoms with Crippen molar-refractivity contribution in [2.24, 2.45) is 7.05 Å². The number of nitrogens with zero attached hydrogens (tertiary/aromatic N) is 4. The van der Waals surface area contributed by atoms with Crippen LogP contribution < -0.4 is 10.9 Å². The van der Waals surface area contributed by atoms with Gasteiger partial charge in [-0.2, -0.15) is 0 Å². The summed E-state index contributed by atoms with van der Waals surface area (Å²) in [6.45, 7) is 0.736. The summed E-state index contributed by atoms with van der Waals surface area (Å²) >= 11 is 0. The van der Waals surface area contributed by atoms with E-state index < -0.39 is 11.5 Å². The summed E-state index contributed by atoms with van der Waals surface area (Å²) in [6, 6.07) is 12.1. The number of aryl methyl sites for hydroxylation is 2. The predicted molar refractivity (Wildman–Crippen MR) is 114 cm³/mol. The summed E-state index contributed by atoms with van der Waals surface area (Å²) in [4.78, 5) is 45.0.